The summed E-state index contributed by atoms with van der Waals surface area (Å²) in [4.78, 5) is 11.6. The molecule has 3 N–H and O–H groups in total. The molecule has 0 bridgehead atoms. The number of carbonyl (C=O) groups excluding carboxylic acids is 1. The predicted molar refractivity (Wildman–Crippen MR) is 73.9 cm³/mol. The zero-order valence-corrected chi connectivity index (χ0v) is 12.2. The first-order chi connectivity index (χ1) is 10.3. The molecule has 1 aromatic carbocycles. The average molecular weight is 320 g/mol. The van der Waals surface area contributed by atoms with E-state index in [1.54, 1.807) is 24.3 Å². The number of ether oxygens (including phenoxy) is 2. The molecule has 0 fully saturated rings. The van der Waals surface area contributed by atoms with Gasteiger partial charge in [-0.2, -0.15) is 13.2 Å². The van der Waals surface area contributed by atoms with Gasteiger partial charge < -0.3 is 20.5 Å². The van der Waals surface area contributed by atoms with Crippen molar-refractivity contribution in [3.8, 4) is 0 Å². The molecule has 0 spiro atoms. The summed E-state index contributed by atoms with van der Waals surface area (Å²) in [6.45, 7) is -0.992. The highest BCUT2D eigenvalue weighted by atomic mass is 19.4. The minimum atomic E-state index is -4.33. The summed E-state index contributed by atoms with van der Waals surface area (Å²) >= 11 is 0. The molecule has 1 atom stereocenters. The molecule has 5 nitrogen and oxygen atoms in total. The Hall–Kier alpha value is -1.64. The number of amides is 1. The molecular weight excluding hydrogens is 301 g/mol. The topological polar surface area (TPSA) is 73.6 Å². The SMILES string of the molecule is COCC(N)C(=O)NCc1ccc(COCC(F)(F)F)cc1. The Bertz CT molecular complexity index is 463. The second kappa shape index (κ2) is 8.72. The monoisotopic (exact) mass is 320 g/mol. The summed E-state index contributed by atoms with van der Waals surface area (Å²) in [7, 11) is 1.45. The van der Waals surface area contributed by atoms with E-state index >= 15 is 0 Å². The van der Waals surface area contributed by atoms with E-state index in [4.69, 9.17) is 10.5 Å². The Labute approximate surface area is 126 Å². The van der Waals surface area contributed by atoms with E-state index in [1.165, 1.54) is 7.11 Å². The van der Waals surface area contributed by atoms with Crippen LogP contribution in [0.25, 0.3) is 0 Å². The smallest absolute Gasteiger partial charge is 0.383 e. The van der Waals surface area contributed by atoms with Crippen LogP contribution in [0.2, 0.25) is 0 Å². The van der Waals surface area contributed by atoms with Crippen LogP contribution in [0.15, 0.2) is 24.3 Å². The number of carbonyl (C=O) groups is 1. The maximum Gasteiger partial charge on any atom is 0.411 e. The predicted octanol–water partition coefficient (Wildman–Crippen LogP) is 1.36. The van der Waals surface area contributed by atoms with E-state index in [0.29, 0.717) is 5.56 Å². The number of benzene rings is 1. The zero-order valence-electron chi connectivity index (χ0n) is 12.2. The highest BCUT2D eigenvalue weighted by Gasteiger charge is 2.27. The van der Waals surface area contributed by atoms with E-state index in [9.17, 15) is 18.0 Å². The molecule has 1 unspecified atom stereocenters. The summed E-state index contributed by atoms with van der Waals surface area (Å²) in [5, 5.41) is 2.64. The van der Waals surface area contributed by atoms with Gasteiger partial charge in [0.2, 0.25) is 5.91 Å². The second-order valence-corrected chi connectivity index (χ2v) is 4.70. The third-order valence-corrected chi connectivity index (χ3v) is 2.71. The van der Waals surface area contributed by atoms with E-state index < -0.39 is 18.8 Å². The van der Waals surface area contributed by atoms with Crippen LogP contribution in [0.1, 0.15) is 11.1 Å². The van der Waals surface area contributed by atoms with E-state index in [1.807, 2.05) is 0 Å². The number of methoxy groups -OCH3 is 1. The summed E-state index contributed by atoms with van der Waals surface area (Å²) in [6.07, 6.45) is -4.33. The minimum absolute atomic E-state index is 0.120. The Balaban J connectivity index is 2.37. The molecule has 0 aliphatic rings. The highest BCUT2D eigenvalue weighted by Crippen LogP contribution is 2.15. The molecule has 0 saturated heterocycles. The Morgan fingerprint density at radius 3 is 2.41 bits per heavy atom. The highest BCUT2D eigenvalue weighted by molar-refractivity contribution is 5.81. The van der Waals surface area contributed by atoms with Crippen molar-refractivity contribution in [3.05, 3.63) is 35.4 Å². The van der Waals surface area contributed by atoms with E-state index in [-0.39, 0.29) is 25.7 Å². The standard InChI is InChI=1S/C14H19F3N2O3/c1-21-8-12(18)13(20)19-6-10-2-4-11(5-3-10)7-22-9-14(15,16)17/h2-5,12H,6-9,18H2,1H3,(H,19,20). The Morgan fingerprint density at radius 2 is 1.86 bits per heavy atom. The number of hydrogen-bond donors (Lipinski definition) is 2. The van der Waals surface area contributed by atoms with Gasteiger partial charge in [-0.15, -0.1) is 0 Å². The van der Waals surface area contributed by atoms with Crippen LogP contribution in [0.3, 0.4) is 0 Å². The lowest BCUT2D eigenvalue weighted by molar-refractivity contribution is -0.176. The van der Waals surface area contributed by atoms with Crippen molar-refractivity contribution in [2.75, 3.05) is 20.3 Å². The fourth-order valence-electron chi connectivity index (χ4n) is 1.61. The third-order valence-electron chi connectivity index (χ3n) is 2.71. The number of halogens is 3. The van der Waals surface area contributed by atoms with Crippen molar-refractivity contribution in [1.82, 2.24) is 5.32 Å². The van der Waals surface area contributed by atoms with Crippen molar-refractivity contribution >= 4 is 5.91 Å². The maximum absolute atomic E-state index is 11.9. The summed E-state index contributed by atoms with van der Waals surface area (Å²) in [6, 6.07) is 5.96. The van der Waals surface area contributed by atoms with Gasteiger partial charge in [-0.1, -0.05) is 24.3 Å². The normalized spacial score (nSPS) is 13.0. The van der Waals surface area contributed by atoms with E-state index in [0.717, 1.165) is 5.56 Å². The van der Waals surface area contributed by atoms with Gasteiger partial charge in [0, 0.05) is 13.7 Å². The van der Waals surface area contributed by atoms with Gasteiger partial charge in [0.1, 0.15) is 12.6 Å². The molecule has 0 radical (unpaired) electrons. The fourth-order valence-corrected chi connectivity index (χ4v) is 1.61. The van der Waals surface area contributed by atoms with Gasteiger partial charge in [-0.25, -0.2) is 0 Å². The largest absolute Gasteiger partial charge is 0.411 e. The number of alkyl halides is 3. The average Bonchev–Trinajstić information content (AvgIpc) is 2.45. The van der Waals surface area contributed by atoms with Crippen LogP contribution in [-0.4, -0.2) is 38.4 Å². The molecule has 0 saturated carbocycles. The minimum Gasteiger partial charge on any atom is -0.383 e. The van der Waals surface area contributed by atoms with Gasteiger partial charge in [0.05, 0.1) is 13.2 Å². The molecule has 0 aliphatic heterocycles. The quantitative estimate of drug-likeness (QED) is 0.758. The first kappa shape index (κ1) is 18.4. The van der Waals surface area contributed by atoms with Crippen LogP contribution in [0, 0.1) is 0 Å². The van der Waals surface area contributed by atoms with Crippen LogP contribution < -0.4 is 11.1 Å². The molecule has 0 aliphatic carbocycles. The van der Waals surface area contributed by atoms with Crippen LogP contribution in [0.5, 0.6) is 0 Å². The molecule has 8 heteroatoms. The second-order valence-electron chi connectivity index (χ2n) is 4.70. The number of rotatable bonds is 8. The lowest BCUT2D eigenvalue weighted by atomic mass is 10.1. The third kappa shape index (κ3) is 7.39. The molecular formula is C14H19F3N2O3. The Morgan fingerprint density at radius 1 is 1.27 bits per heavy atom. The van der Waals surface area contributed by atoms with Gasteiger partial charge in [-0.05, 0) is 11.1 Å². The molecule has 1 amide bonds. The Kier molecular flexibility index (Phi) is 7.30. The van der Waals surface area contributed by atoms with Gasteiger partial charge in [-0.3, -0.25) is 4.79 Å². The van der Waals surface area contributed by atoms with Crippen molar-refractivity contribution in [3.63, 3.8) is 0 Å². The molecule has 0 heterocycles. The van der Waals surface area contributed by atoms with Crippen molar-refractivity contribution < 1.29 is 27.4 Å². The maximum atomic E-state index is 11.9. The van der Waals surface area contributed by atoms with Gasteiger partial charge in [0.15, 0.2) is 0 Å². The van der Waals surface area contributed by atoms with Crippen LogP contribution >= 0.6 is 0 Å². The number of nitrogens with two attached hydrogens (primary N) is 1. The van der Waals surface area contributed by atoms with Gasteiger partial charge >= 0.3 is 6.18 Å². The molecule has 22 heavy (non-hydrogen) atoms. The number of nitrogens with one attached hydrogen (secondary N) is 1. The number of hydrogen-bond acceptors (Lipinski definition) is 4. The lowest BCUT2D eigenvalue weighted by Gasteiger charge is -2.11. The van der Waals surface area contributed by atoms with Gasteiger partial charge in [0.25, 0.3) is 0 Å². The molecule has 1 aromatic rings. The van der Waals surface area contributed by atoms with E-state index in [2.05, 4.69) is 10.1 Å². The first-order valence-electron chi connectivity index (χ1n) is 6.56. The van der Waals surface area contributed by atoms with Crippen molar-refractivity contribution in [1.29, 1.82) is 0 Å². The zero-order chi connectivity index (χ0) is 16.6. The summed E-state index contributed by atoms with van der Waals surface area (Å²) in [5.41, 5.74) is 6.98. The first-order valence-corrected chi connectivity index (χ1v) is 6.56. The van der Waals surface area contributed by atoms with Crippen LogP contribution in [0.4, 0.5) is 13.2 Å². The van der Waals surface area contributed by atoms with Crippen molar-refractivity contribution in [2.24, 2.45) is 5.73 Å². The molecule has 124 valence electrons. The van der Waals surface area contributed by atoms with Crippen molar-refractivity contribution in [2.45, 2.75) is 25.4 Å². The lowest BCUT2D eigenvalue weighted by Crippen LogP contribution is -2.43. The molecule has 0 aromatic heterocycles. The summed E-state index contributed by atoms with van der Waals surface area (Å²) < 4.78 is 45.1. The fraction of sp³-hybridized carbons (Fsp3) is 0.500. The van der Waals surface area contributed by atoms with Crippen LogP contribution in [-0.2, 0) is 27.4 Å². The molecule has 1 rings (SSSR count). The summed E-state index contributed by atoms with van der Waals surface area (Å²) in [5.74, 6) is -0.334.